The van der Waals surface area contributed by atoms with Gasteiger partial charge in [0.05, 0.1) is 31.4 Å². The van der Waals surface area contributed by atoms with Crippen LogP contribution in [0.2, 0.25) is 0 Å². The Kier molecular flexibility index (Phi) is 5.81. The Morgan fingerprint density at radius 1 is 0.944 bits per heavy atom. The number of hydrogen-bond donors (Lipinski definition) is 1. The van der Waals surface area contributed by atoms with Crippen molar-refractivity contribution in [2.45, 2.75) is 6.04 Å². The highest BCUT2D eigenvalue weighted by Crippen LogP contribution is 2.43. The molecule has 0 aromatic heterocycles. The van der Waals surface area contributed by atoms with Gasteiger partial charge in [0.25, 0.3) is 11.7 Å². The molecule has 1 N–H and O–H groups in total. The van der Waals surface area contributed by atoms with E-state index in [4.69, 9.17) is 18.9 Å². The fourth-order valence-corrected chi connectivity index (χ4v) is 4.30. The zero-order chi connectivity index (χ0) is 25.4. The fourth-order valence-electron chi connectivity index (χ4n) is 4.30. The highest BCUT2D eigenvalue weighted by molar-refractivity contribution is 6.51. The number of carbonyl (C=O) groups excluding carboxylic acids is 3. The number of esters is 1. The van der Waals surface area contributed by atoms with Crippen LogP contribution in [0.5, 0.6) is 17.2 Å². The largest absolute Gasteiger partial charge is 0.507 e. The molecule has 36 heavy (non-hydrogen) atoms. The molecule has 1 fully saturated rings. The summed E-state index contributed by atoms with van der Waals surface area (Å²) in [5, 5.41) is 11.3. The van der Waals surface area contributed by atoms with E-state index in [2.05, 4.69) is 0 Å². The van der Waals surface area contributed by atoms with Crippen molar-refractivity contribution in [2.75, 3.05) is 25.9 Å². The number of nitrogens with zero attached hydrogens (tertiary/aromatic N) is 1. The van der Waals surface area contributed by atoms with Crippen molar-refractivity contribution in [3.63, 3.8) is 0 Å². The number of amides is 1. The Morgan fingerprint density at radius 2 is 1.69 bits per heavy atom. The standard InChI is InChI=1S/C27H21NO8/c1-33-19-9-6-15(7-10-19)23-22(24(29)16-8-11-20-21(13-16)36-14-35-20)25(30)26(31)28(23)18-5-3-4-17(12-18)27(32)34-2/h3-13,23,29H,14H2,1-2H3/b24-22-. The van der Waals surface area contributed by atoms with E-state index in [9.17, 15) is 19.5 Å². The van der Waals surface area contributed by atoms with Gasteiger partial charge in [0.15, 0.2) is 11.5 Å². The van der Waals surface area contributed by atoms with Gasteiger partial charge >= 0.3 is 5.97 Å². The third kappa shape index (κ3) is 3.80. The first-order valence-corrected chi connectivity index (χ1v) is 11.0. The number of ketones is 1. The van der Waals surface area contributed by atoms with Crippen LogP contribution in [0.3, 0.4) is 0 Å². The van der Waals surface area contributed by atoms with Gasteiger partial charge in [-0.25, -0.2) is 4.79 Å². The van der Waals surface area contributed by atoms with Crippen molar-refractivity contribution >= 4 is 29.1 Å². The van der Waals surface area contributed by atoms with Crippen LogP contribution < -0.4 is 19.1 Å². The predicted octanol–water partition coefficient (Wildman–Crippen LogP) is 3.84. The van der Waals surface area contributed by atoms with Gasteiger partial charge in [-0.05, 0) is 54.1 Å². The lowest BCUT2D eigenvalue weighted by molar-refractivity contribution is -0.132. The molecule has 0 bridgehead atoms. The van der Waals surface area contributed by atoms with Crippen LogP contribution in [0.15, 0.2) is 72.3 Å². The van der Waals surface area contributed by atoms with Crippen molar-refractivity contribution in [1.82, 2.24) is 0 Å². The van der Waals surface area contributed by atoms with E-state index in [1.165, 1.54) is 25.2 Å². The molecule has 2 aliphatic rings. The molecule has 3 aromatic carbocycles. The molecule has 5 rings (SSSR count). The monoisotopic (exact) mass is 487 g/mol. The number of fused-ring (bicyclic) bond motifs is 1. The average molecular weight is 487 g/mol. The number of benzene rings is 3. The van der Waals surface area contributed by atoms with Gasteiger partial charge in [-0.1, -0.05) is 18.2 Å². The zero-order valence-electron chi connectivity index (χ0n) is 19.4. The smallest absolute Gasteiger partial charge is 0.337 e. The van der Waals surface area contributed by atoms with Crippen LogP contribution in [0.4, 0.5) is 5.69 Å². The molecular formula is C27H21NO8. The molecule has 0 spiro atoms. The van der Waals surface area contributed by atoms with Crippen molar-refractivity contribution in [3.8, 4) is 17.2 Å². The molecule has 9 heteroatoms. The fraction of sp³-hybridized carbons (Fsp3) is 0.148. The number of aliphatic hydroxyl groups excluding tert-OH is 1. The summed E-state index contributed by atoms with van der Waals surface area (Å²) in [6.07, 6.45) is 0. The van der Waals surface area contributed by atoms with E-state index >= 15 is 0 Å². The number of anilines is 1. The lowest BCUT2D eigenvalue weighted by atomic mass is 9.95. The minimum Gasteiger partial charge on any atom is -0.507 e. The third-order valence-corrected chi connectivity index (χ3v) is 6.07. The van der Waals surface area contributed by atoms with E-state index in [-0.39, 0.29) is 23.7 Å². The van der Waals surface area contributed by atoms with Crippen molar-refractivity contribution in [2.24, 2.45) is 0 Å². The van der Waals surface area contributed by atoms with Gasteiger partial charge in [0.1, 0.15) is 11.5 Å². The van der Waals surface area contributed by atoms with E-state index < -0.39 is 23.7 Å². The summed E-state index contributed by atoms with van der Waals surface area (Å²) in [5.74, 6) is -1.15. The van der Waals surface area contributed by atoms with Crippen LogP contribution in [0.1, 0.15) is 27.5 Å². The van der Waals surface area contributed by atoms with Crippen LogP contribution in [0.25, 0.3) is 5.76 Å². The summed E-state index contributed by atoms with van der Waals surface area (Å²) in [7, 11) is 2.78. The first-order valence-electron chi connectivity index (χ1n) is 11.0. The van der Waals surface area contributed by atoms with Crippen molar-refractivity contribution < 1.29 is 38.4 Å². The second-order valence-electron chi connectivity index (χ2n) is 8.05. The molecule has 0 saturated carbocycles. The van der Waals surface area contributed by atoms with E-state index in [0.717, 1.165) is 0 Å². The molecule has 3 aromatic rings. The summed E-state index contributed by atoms with van der Waals surface area (Å²) < 4.78 is 20.8. The molecule has 2 aliphatic heterocycles. The minimum absolute atomic E-state index is 0.0479. The average Bonchev–Trinajstić information content (AvgIpc) is 3.49. The summed E-state index contributed by atoms with van der Waals surface area (Å²) in [6.45, 7) is 0.0479. The molecule has 1 unspecified atom stereocenters. The summed E-state index contributed by atoms with van der Waals surface area (Å²) in [5.41, 5.74) is 1.25. The van der Waals surface area contributed by atoms with Gasteiger partial charge in [-0.15, -0.1) is 0 Å². The third-order valence-electron chi connectivity index (χ3n) is 6.07. The zero-order valence-corrected chi connectivity index (χ0v) is 19.4. The summed E-state index contributed by atoms with van der Waals surface area (Å²) in [6, 6.07) is 16.8. The molecule has 0 aliphatic carbocycles. The molecule has 9 nitrogen and oxygen atoms in total. The van der Waals surface area contributed by atoms with Gasteiger partial charge in [0.2, 0.25) is 6.79 Å². The van der Waals surface area contributed by atoms with Gasteiger partial charge < -0.3 is 24.1 Å². The summed E-state index contributed by atoms with van der Waals surface area (Å²) in [4.78, 5) is 40.1. The maximum absolute atomic E-state index is 13.3. The topological polar surface area (TPSA) is 112 Å². The van der Waals surface area contributed by atoms with E-state index in [1.54, 1.807) is 60.7 Å². The number of Topliss-reactive ketones (excluding diaryl/α,β-unsaturated/α-hetero) is 1. The number of methoxy groups -OCH3 is 2. The van der Waals surface area contributed by atoms with E-state index in [0.29, 0.717) is 34.1 Å². The first kappa shape index (κ1) is 23.0. The van der Waals surface area contributed by atoms with Crippen LogP contribution in [-0.4, -0.2) is 43.8 Å². The Bertz CT molecular complexity index is 1410. The maximum atomic E-state index is 13.3. The molecule has 0 radical (unpaired) electrons. The Balaban J connectivity index is 1.69. The van der Waals surface area contributed by atoms with Crippen LogP contribution >= 0.6 is 0 Å². The number of aliphatic hydroxyl groups is 1. The first-order chi connectivity index (χ1) is 17.4. The Morgan fingerprint density at radius 3 is 2.42 bits per heavy atom. The van der Waals surface area contributed by atoms with E-state index in [1.807, 2.05) is 0 Å². The molecule has 1 atom stereocenters. The molecular weight excluding hydrogens is 466 g/mol. The molecule has 182 valence electrons. The van der Waals surface area contributed by atoms with Gasteiger partial charge in [-0.3, -0.25) is 14.5 Å². The highest BCUT2D eigenvalue weighted by atomic mass is 16.7. The second kappa shape index (κ2) is 9.10. The number of hydrogen-bond acceptors (Lipinski definition) is 8. The van der Waals surface area contributed by atoms with Gasteiger partial charge in [-0.2, -0.15) is 0 Å². The molecule has 1 amide bonds. The Labute approximate surface area is 206 Å². The molecule has 2 heterocycles. The quantitative estimate of drug-likeness (QED) is 0.250. The number of ether oxygens (including phenoxy) is 4. The normalized spacial score (nSPS) is 17.8. The van der Waals surface area contributed by atoms with Crippen LogP contribution in [0, 0.1) is 0 Å². The minimum atomic E-state index is -0.978. The Hall–Kier alpha value is -4.79. The maximum Gasteiger partial charge on any atom is 0.337 e. The predicted molar refractivity (Wildman–Crippen MR) is 128 cm³/mol. The van der Waals surface area contributed by atoms with Gasteiger partial charge in [0, 0.05) is 11.3 Å². The molecule has 1 saturated heterocycles. The second-order valence-corrected chi connectivity index (χ2v) is 8.05. The van der Waals surface area contributed by atoms with Crippen molar-refractivity contribution in [3.05, 3.63) is 89.0 Å². The summed E-state index contributed by atoms with van der Waals surface area (Å²) >= 11 is 0. The van der Waals surface area contributed by atoms with Crippen molar-refractivity contribution in [1.29, 1.82) is 0 Å². The highest BCUT2D eigenvalue weighted by Gasteiger charge is 2.47. The van der Waals surface area contributed by atoms with Crippen LogP contribution in [-0.2, 0) is 14.3 Å². The lowest BCUT2D eigenvalue weighted by Crippen LogP contribution is -2.29. The SMILES string of the molecule is COC(=O)c1cccc(N2C(=O)C(=O)/C(=C(\O)c3ccc4c(c3)OCO4)C2c2ccc(OC)cc2)c1. The number of carbonyl (C=O) groups is 3. The number of rotatable bonds is 5. The lowest BCUT2D eigenvalue weighted by Gasteiger charge is -2.26.